The number of aryl methyl sites for hydroxylation is 2. The van der Waals surface area contributed by atoms with Gasteiger partial charge in [0.15, 0.2) is 11.5 Å². The number of benzene rings is 1. The van der Waals surface area contributed by atoms with E-state index in [0.717, 1.165) is 90.0 Å². The van der Waals surface area contributed by atoms with Crippen LogP contribution in [0, 0.1) is 33.1 Å². The fraction of sp³-hybridized carbons (Fsp3) is 0.613. The molecule has 7 nitrogen and oxygen atoms in total. The highest BCUT2D eigenvalue weighted by molar-refractivity contribution is 6.00. The monoisotopic (exact) mass is 519 g/mol. The standard InChI is InChI=1S/C31H41N3O4/c1-18-16-19(2)32-27(35)23(18)17-34-15-8-22-20(3)25-26(21(4)24(22)28(34)36)38-29(5,37-25)30-9-12-31(13-10-30,14-11-30)33(6)7/h16H,8-15,17H2,1-7H3,(H,32,35)/t29-,30?,31?/m0/s1. The third-order valence-electron chi connectivity index (χ3n) is 10.7. The average Bonchev–Trinajstić information content (AvgIpc) is 3.26. The first-order valence-electron chi connectivity index (χ1n) is 14.1. The Bertz CT molecular complexity index is 1380. The number of aromatic nitrogens is 1. The second-order valence-corrected chi connectivity index (χ2v) is 12.7. The van der Waals surface area contributed by atoms with Gasteiger partial charge in [0.2, 0.25) is 0 Å². The van der Waals surface area contributed by atoms with E-state index in [0.29, 0.717) is 24.2 Å². The number of nitrogens with one attached hydrogen (secondary N) is 1. The minimum atomic E-state index is -0.733. The fourth-order valence-corrected chi connectivity index (χ4v) is 7.92. The van der Waals surface area contributed by atoms with E-state index in [-0.39, 0.29) is 16.9 Å². The second kappa shape index (κ2) is 8.35. The summed E-state index contributed by atoms with van der Waals surface area (Å²) in [5.41, 5.74) is 6.22. The molecule has 38 heavy (non-hydrogen) atoms. The molecule has 3 aliphatic carbocycles. The van der Waals surface area contributed by atoms with Crippen molar-refractivity contribution in [2.45, 2.75) is 97.4 Å². The van der Waals surface area contributed by atoms with E-state index < -0.39 is 5.79 Å². The molecule has 1 aromatic heterocycles. The van der Waals surface area contributed by atoms with Crippen molar-refractivity contribution in [2.75, 3.05) is 20.6 Å². The Morgan fingerprint density at radius 2 is 1.55 bits per heavy atom. The molecule has 7 rings (SSSR count). The van der Waals surface area contributed by atoms with E-state index in [1.165, 1.54) is 0 Å². The van der Waals surface area contributed by atoms with Crippen molar-refractivity contribution in [1.82, 2.24) is 14.8 Å². The number of rotatable bonds is 4. The van der Waals surface area contributed by atoms with E-state index >= 15 is 0 Å². The van der Waals surface area contributed by atoms with Gasteiger partial charge < -0.3 is 24.3 Å². The number of ether oxygens (including phenoxy) is 2. The van der Waals surface area contributed by atoms with Crippen LogP contribution in [0.25, 0.3) is 0 Å². The average molecular weight is 520 g/mol. The zero-order valence-corrected chi connectivity index (χ0v) is 24.0. The molecule has 1 aromatic carbocycles. The second-order valence-electron chi connectivity index (χ2n) is 12.7. The smallest absolute Gasteiger partial charge is 0.254 e. The predicted molar refractivity (Wildman–Crippen MR) is 147 cm³/mol. The molecule has 3 saturated carbocycles. The molecule has 5 aliphatic rings. The Kier molecular flexibility index (Phi) is 5.60. The van der Waals surface area contributed by atoms with Crippen molar-refractivity contribution in [3.05, 3.63) is 55.5 Å². The molecule has 1 N–H and O–H groups in total. The summed E-state index contributed by atoms with van der Waals surface area (Å²) in [6.45, 7) is 10.9. The van der Waals surface area contributed by atoms with Crippen LogP contribution in [0.1, 0.15) is 89.3 Å². The Morgan fingerprint density at radius 3 is 2.13 bits per heavy atom. The summed E-state index contributed by atoms with van der Waals surface area (Å²) in [6.07, 6.45) is 7.49. The van der Waals surface area contributed by atoms with Crippen LogP contribution in [0.5, 0.6) is 11.5 Å². The largest absolute Gasteiger partial charge is 0.448 e. The lowest BCUT2D eigenvalue weighted by Gasteiger charge is -2.59. The minimum Gasteiger partial charge on any atom is -0.448 e. The zero-order chi connectivity index (χ0) is 27.2. The molecule has 2 aliphatic heterocycles. The SMILES string of the molecule is Cc1cc(C)c(CN2CCc3c(C)c4c(c(C)c3C2=O)O[C@@](C)(C23CCC(N(C)C)(CC2)CC3)O4)c(=O)[nH]1. The summed E-state index contributed by atoms with van der Waals surface area (Å²) in [6, 6.07) is 1.96. The van der Waals surface area contributed by atoms with Crippen LogP contribution >= 0.6 is 0 Å². The van der Waals surface area contributed by atoms with Crippen molar-refractivity contribution in [3.63, 3.8) is 0 Å². The zero-order valence-electron chi connectivity index (χ0n) is 24.0. The van der Waals surface area contributed by atoms with Crippen LogP contribution in [0.4, 0.5) is 0 Å². The Morgan fingerprint density at radius 1 is 0.947 bits per heavy atom. The van der Waals surface area contributed by atoms with Gasteiger partial charge in [0, 0.05) is 46.8 Å². The van der Waals surface area contributed by atoms with Crippen LogP contribution in [-0.4, -0.2) is 52.7 Å². The van der Waals surface area contributed by atoms with E-state index in [1.807, 2.05) is 31.7 Å². The van der Waals surface area contributed by atoms with Crippen LogP contribution in [0.15, 0.2) is 10.9 Å². The quantitative estimate of drug-likeness (QED) is 0.619. The molecule has 1 atom stereocenters. The maximum Gasteiger partial charge on any atom is 0.254 e. The number of pyridine rings is 1. The molecule has 2 aromatic rings. The van der Waals surface area contributed by atoms with E-state index in [1.54, 1.807) is 0 Å². The maximum absolute atomic E-state index is 13.9. The lowest BCUT2D eigenvalue weighted by atomic mass is 9.54. The van der Waals surface area contributed by atoms with Gasteiger partial charge in [0.1, 0.15) is 0 Å². The number of H-pyrrole nitrogens is 1. The van der Waals surface area contributed by atoms with Gasteiger partial charge in [0.05, 0.1) is 6.54 Å². The van der Waals surface area contributed by atoms with Crippen molar-refractivity contribution in [3.8, 4) is 11.5 Å². The summed E-state index contributed by atoms with van der Waals surface area (Å²) in [4.78, 5) is 33.7. The molecule has 3 heterocycles. The summed E-state index contributed by atoms with van der Waals surface area (Å²) in [5.74, 6) is 0.784. The number of hydrogen-bond donors (Lipinski definition) is 1. The molecule has 0 unspecified atom stereocenters. The highest BCUT2D eigenvalue weighted by Crippen LogP contribution is 2.63. The summed E-state index contributed by atoms with van der Waals surface area (Å²) in [5, 5.41) is 0. The van der Waals surface area contributed by atoms with Gasteiger partial charge in [-0.05, 0) is 109 Å². The van der Waals surface area contributed by atoms with E-state index in [9.17, 15) is 9.59 Å². The number of carbonyl (C=O) groups excluding carboxylic acids is 1. The summed E-state index contributed by atoms with van der Waals surface area (Å²) >= 11 is 0. The number of aromatic amines is 1. The lowest BCUT2D eigenvalue weighted by molar-refractivity contribution is -0.212. The van der Waals surface area contributed by atoms with E-state index in [4.69, 9.17) is 9.47 Å². The first-order valence-corrected chi connectivity index (χ1v) is 14.1. The molecule has 3 fully saturated rings. The van der Waals surface area contributed by atoms with Gasteiger partial charge in [-0.1, -0.05) is 0 Å². The number of amides is 1. The number of fused-ring (bicyclic) bond motifs is 5. The molecule has 1 amide bonds. The molecule has 0 saturated heterocycles. The first-order chi connectivity index (χ1) is 17.9. The van der Waals surface area contributed by atoms with Crippen molar-refractivity contribution >= 4 is 5.91 Å². The highest BCUT2D eigenvalue weighted by Gasteiger charge is 2.62. The maximum atomic E-state index is 13.9. The van der Waals surface area contributed by atoms with Gasteiger partial charge in [0.25, 0.3) is 17.3 Å². The van der Waals surface area contributed by atoms with Gasteiger partial charge >= 0.3 is 0 Å². The van der Waals surface area contributed by atoms with Crippen molar-refractivity contribution in [2.24, 2.45) is 5.41 Å². The van der Waals surface area contributed by atoms with Gasteiger partial charge in [-0.2, -0.15) is 0 Å². The predicted octanol–water partition coefficient (Wildman–Crippen LogP) is 4.95. The van der Waals surface area contributed by atoms with Crippen molar-refractivity contribution in [1.29, 1.82) is 0 Å². The molecule has 0 radical (unpaired) electrons. The van der Waals surface area contributed by atoms with Crippen molar-refractivity contribution < 1.29 is 14.3 Å². The molecule has 204 valence electrons. The fourth-order valence-electron chi connectivity index (χ4n) is 7.92. The Hall–Kier alpha value is -2.80. The van der Waals surface area contributed by atoms with E-state index in [2.05, 4.69) is 37.8 Å². The lowest BCUT2D eigenvalue weighted by Crippen LogP contribution is -2.62. The normalized spacial score (nSPS) is 29.8. The Labute approximate surface area is 225 Å². The highest BCUT2D eigenvalue weighted by atomic mass is 16.7. The minimum absolute atomic E-state index is 0.0246. The van der Waals surface area contributed by atoms with Gasteiger partial charge in [-0.25, -0.2) is 0 Å². The third kappa shape index (κ3) is 3.43. The topological polar surface area (TPSA) is 74.9 Å². The molecule has 0 spiro atoms. The van der Waals surface area contributed by atoms with Gasteiger partial charge in [-0.3, -0.25) is 9.59 Å². The van der Waals surface area contributed by atoms with Crippen LogP contribution in [0.2, 0.25) is 0 Å². The van der Waals surface area contributed by atoms with Gasteiger partial charge in [-0.15, -0.1) is 0 Å². The number of hydrogen-bond acceptors (Lipinski definition) is 5. The van der Waals surface area contributed by atoms with Crippen LogP contribution in [0.3, 0.4) is 0 Å². The number of nitrogens with zero attached hydrogens (tertiary/aromatic N) is 2. The van der Waals surface area contributed by atoms with Crippen LogP contribution < -0.4 is 15.0 Å². The Balaban J connectivity index is 1.32. The molecule has 2 bridgehead atoms. The molecule has 7 heteroatoms. The molecular formula is C31H41N3O4. The third-order valence-corrected chi connectivity index (χ3v) is 10.7. The summed E-state index contributed by atoms with van der Waals surface area (Å²) in [7, 11) is 4.43. The number of carbonyl (C=O) groups is 1. The molecular weight excluding hydrogens is 478 g/mol. The first kappa shape index (κ1) is 25.5. The van der Waals surface area contributed by atoms with Crippen LogP contribution in [-0.2, 0) is 13.0 Å². The summed E-state index contributed by atoms with van der Waals surface area (Å²) < 4.78 is 13.6.